The van der Waals surface area contributed by atoms with Crippen molar-refractivity contribution in [3.05, 3.63) is 34.0 Å². The first-order chi connectivity index (χ1) is 11.2. The molecule has 0 bridgehead atoms. The highest BCUT2D eigenvalue weighted by molar-refractivity contribution is 5.89. The summed E-state index contributed by atoms with van der Waals surface area (Å²) in [6.45, 7) is 1.38. The van der Waals surface area contributed by atoms with Crippen LogP contribution in [0.15, 0.2) is 27.4 Å². The van der Waals surface area contributed by atoms with Crippen LogP contribution < -0.4 is 5.43 Å². The summed E-state index contributed by atoms with van der Waals surface area (Å²) in [5, 5.41) is 57.9. The first-order valence-electron chi connectivity index (χ1n) is 6.69. The van der Waals surface area contributed by atoms with Gasteiger partial charge in [0.15, 0.2) is 23.0 Å². The largest absolute Gasteiger partial charge is 0.507 e. The van der Waals surface area contributed by atoms with Crippen molar-refractivity contribution in [3.63, 3.8) is 0 Å². The van der Waals surface area contributed by atoms with Crippen LogP contribution in [0.5, 0.6) is 34.5 Å². The maximum atomic E-state index is 12.3. The molecule has 1 heterocycles. The fourth-order valence-corrected chi connectivity index (χ4v) is 2.34. The van der Waals surface area contributed by atoms with Gasteiger partial charge in [-0.2, -0.15) is 0 Å². The van der Waals surface area contributed by atoms with E-state index < -0.39 is 39.9 Å². The van der Waals surface area contributed by atoms with E-state index in [4.69, 9.17) is 4.42 Å². The lowest BCUT2D eigenvalue weighted by atomic mass is 10.1. The number of benzene rings is 2. The van der Waals surface area contributed by atoms with Crippen LogP contribution in [0.2, 0.25) is 0 Å². The molecule has 0 saturated heterocycles. The Morgan fingerprint density at radius 1 is 0.792 bits per heavy atom. The van der Waals surface area contributed by atoms with Crippen molar-refractivity contribution in [2.24, 2.45) is 0 Å². The second kappa shape index (κ2) is 4.98. The number of rotatable bonds is 1. The van der Waals surface area contributed by atoms with Gasteiger partial charge in [-0.3, -0.25) is 4.79 Å². The zero-order chi connectivity index (χ0) is 17.8. The summed E-state index contributed by atoms with van der Waals surface area (Å²) in [7, 11) is 0. The van der Waals surface area contributed by atoms with Crippen molar-refractivity contribution in [1.82, 2.24) is 0 Å². The van der Waals surface area contributed by atoms with Gasteiger partial charge in [0.2, 0.25) is 11.2 Å². The van der Waals surface area contributed by atoms with Gasteiger partial charge in [0.1, 0.15) is 22.5 Å². The third-order valence-electron chi connectivity index (χ3n) is 3.69. The summed E-state index contributed by atoms with van der Waals surface area (Å²) < 4.78 is 5.35. The van der Waals surface area contributed by atoms with Crippen LogP contribution in [0, 0.1) is 6.92 Å². The Kier molecular flexibility index (Phi) is 3.19. The molecule has 2 aromatic carbocycles. The van der Waals surface area contributed by atoms with Gasteiger partial charge < -0.3 is 35.1 Å². The van der Waals surface area contributed by atoms with Crippen LogP contribution >= 0.6 is 0 Å². The summed E-state index contributed by atoms with van der Waals surface area (Å²) in [6.07, 6.45) is 0. The van der Waals surface area contributed by atoms with Crippen LogP contribution in [0.4, 0.5) is 0 Å². The van der Waals surface area contributed by atoms with Crippen LogP contribution in [0.25, 0.3) is 22.3 Å². The highest BCUT2D eigenvalue weighted by atomic mass is 16.4. The molecule has 3 rings (SSSR count). The van der Waals surface area contributed by atoms with E-state index in [2.05, 4.69) is 0 Å². The number of phenols is 5. The third-order valence-corrected chi connectivity index (χ3v) is 3.69. The molecule has 3 aromatic rings. The van der Waals surface area contributed by atoms with Gasteiger partial charge >= 0.3 is 0 Å². The topological polar surface area (TPSA) is 152 Å². The van der Waals surface area contributed by atoms with Gasteiger partial charge in [-0.15, -0.1) is 0 Å². The maximum Gasteiger partial charge on any atom is 0.238 e. The third kappa shape index (κ3) is 2.04. The van der Waals surface area contributed by atoms with Gasteiger partial charge in [-0.05, 0) is 19.1 Å². The van der Waals surface area contributed by atoms with Gasteiger partial charge in [0.05, 0.1) is 0 Å². The molecule has 0 radical (unpaired) electrons. The van der Waals surface area contributed by atoms with Crippen molar-refractivity contribution >= 4 is 11.0 Å². The standard InChI is InChI=1S/C16H12O8/c1-5-7(17)4-10-11(12(5)20)14(22)15(23)16(24-10)6-2-8(18)13(21)9(19)3-6/h2-4,17-21,23H,1H3. The highest BCUT2D eigenvalue weighted by Gasteiger charge is 2.22. The molecule has 124 valence electrons. The quantitative estimate of drug-likeness (QED) is 0.370. The van der Waals surface area contributed by atoms with E-state index in [1.165, 1.54) is 6.92 Å². The molecule has 0 aliphatic rings. The lowest BCUT2D eigenvalue weighted by Crippen LogP contribution is -2.03. The number of phenolic OH excluding ortho intramolecular Hbond substituents is 5. The van der Waals surface area contributed by atoms with Crippen LogP contribution in [0.3, 0.4) is 0 Å². The predicted octanol–water partition coefficient (Wildman–Crippen LogP) is 2.00. The molecule has 0 spiro atoms. The molecule has 1 aromatic heterocycles. The molecule has 0 aliphatic heterocycles. The predicted molar refractivity (Wildman–Crippen MR) is 82.6 cm³/mol. The van der Waals surface area contributed by atoms with Crippen LogP contribution in [-0.2, 0) is 0 Å². The smallest absolute Gasteiger partial charge is 0.238 e. The minimum absolute atomic E-state index is 0.0434. The molecule has 6 N–H and O–H groups in total. The number of hydrogen-bond donors (Lipinski definition) is 6. The Morgan fingerprint density at radius 2 is 1.38 bits per heavy atom. The zero-order valence-corrected chi connectivity index (χ0v) is 12.2. The van der Waals surface area contributed by atoms with Crippen molar-refractivity contribution in [1.29, 1.82) is 0 Å². The van der Waals surface area contributed by atoms with Crippen molar-refractivity contribution in [3.8, 4) is 45.8 Å². The molecular formula is C16H12O8. The average molecular weight is 332 g/mol. The Hall–Kier alpha value is -3.55. The average Bonchev–Trinajstić information content (AvgIpc) is 2.53. The van der Waals surface area contributed by atoms with Crippen LogP contribution in [0.1, 0.15) is 5.56 Å². The van der Waals surface area contributed by atoms with Crippen molar-refractivity contribution in [2.75, 3.05) is 0 Å². The first-order valence-corrected chi connectivity index (χ1v) is 6.69. The van der Waals surface area contributed by atoms with Crippen molar-refractivity contribution < 1.29 is 35.1 Å². The fourth-order valence-electron chi connectivity index (χ4n) is 2.34. The summed E-state index contributed by atoms with van der Waals surface area (Å²) in [4.78, 5) is 12.3. The SMILES string of the molecule is Cc1c(O)cc2oc(-c3cc(O)c(O)c(O)c3)c(O)c(=O)c2c1O. The van der Waals surface area contributed by atoms with E-state index in [0.29, 0.717) is 0 Å². The molecule has 0 atom stereocenters. The van der Waals surface area contributed by atoms with Crippen molar-refractivity contribution in [2.45, 2.75) is 6.92 Å². The second-order valence-corrected chi connectivity index (χ2v) is 5.21. The molecule has 24 heavy (non-hydrogen) atoms. The minimum atomic E-state index is -0.959. The lowest BCUT2D eigenvalue weighted by molar-refractivity contribution is 0.368. The molecule has 8 heteroatoms. The number of hydrogen-bond acceptors (Lipinski definition) is 8. The van der Waals surface area contributed by atoms with E-state index in [1.807, 2.05) is 0 Å². The Labute approximate surface area is 133 Å². The molecule has 0 unspecified atom stereocenters. The fraction of sp³-hybridized carbons (Fsp3) is 0.0625. The molecule has 0 amide bonds. The van der Waals surface area contributed by atoms with E-state index in [1.54, 1.807) is 0 Å². The molecule has 8 nitrogen and oxygen atoms in total. The summed E-state index contributed by atoms with van der Waals surface area (Å²) in [6, 6.07) is 3.02. The Balaban J connectivity index is 2.41. The minimum Gasteiger partial charge on any atom is -0.507 e. The van der Waals surface area contributed by atoms with Crippen LogP contribution in [-0.4, -0.2) is 30.6 Å². The van der Waals surface area contributed by atoms with Gasteiger partial charge in [-0.25, -0.2) is 0 Å². The lowest BCUT2D eigenvalue weighted by Gasteiger charge is -2.10. The van der Waals surface area contributed by atoms with Gasteiger partial charge in [0, 0.05) is 17.2 Å². The van der Waals surface area contributed by atoms with Gasteiger partial charge in [0.25, 0.3) is 0 Å². The van der Waals surface area contributed by atoms with E-state index in [0.717, 1.165) is 18.2 Å². The molecule has 0 aliphatic carbocycles. The van der Waals surface area contributed by atoms with E-state index >= 15 is 0 Å². The Bertz CT molecular complexity index is 1030. The van der Waals surface area contributed by atoms with Gasteiger partial charge in [-0.1, -0.05) is 0 Å². The number of aromatic hydroxyl groups is 6. The van der Waals surface area contributed by atoms with E-state index in [9.17, 15) is 35.4 Å². The monoisotopic (exact) mass is 332 g/mol. The number of fused-ring (bicyclic) bond motifs is 1. The normalized spacial score (nSPS) is 11.0. The summed E-state index contributed by atoms with van der Waals surface area (Å²) >= 11 is 0. The molecule has 0 saturated carbocycles. The molecular weight excluding hydrogens is 320 g/mol. The summed E-state index contributed by atoms with van der Waals surface area (Å²) in [5.41, 5.74) is -1.22. The summed E-state index contributed by atoms with van der Waals surface area (Å²) in [5.74, 6) is -4.29. The Morgan fingerprint density at radius 3 is 1.96 bits per heavy atom. The zero-order valence-electron chi connectivity index (χ0n) is 12.2. The second-order valence-electron chi connectivity index (χ2n) is 5.21. The first kappa shape index (κ1) is 15.3. The highest BCUT2D eigenvalue weighted by Crippen LogP contribution is 2.42. The molecule has 0 fully saturated rings. The van der Waals surface area contributed by atoms with E-state index in [-0.39, 0.29) is 27.8 Å². The maximum absolute atomic E-state index is 12.3.